The summed E-state index contributed by atoms with van der Waals surface area (Å²) in [5.41, 5.74) is 3.28. The summed E-state index contributed by atoms with van der Waals surface area (Å²) in [6.07, 6.45) is 2.94. The molecule has 0 unspecified atom stereocenters. The third-order valence-corrected chi connectivity index (χ3v) is 4.36. The number of hydrogen-bond acceptors (Lipinski definition) is 4. The van der Waals surface area contributed by atoms with Crippen LogP contribution in [0.5, 0.6) is 0 Å². The molecular formula is C19H16Cl2N4O. The van der Waals surface area contributed by atoms with Gasteiger partial charge in [-0.3, -0.25) is 4.79 Å². The zero-order chi connectivity index (χ0) is 18.5. The van der Waals surface area contributed by atoms with Gasteiger partial charge in [-0.1, -0.05) is 53.0 Å². The van der Waals surface area contributed by atoms with Gasteiger partial charge in [-0.05, 0) is 30.7 Å². The Morgan fingerprint density at radius 2 is 1.81 bits per heavy atom. The topological polar surface area (TPSA) is 66.9 Å². The first-order valence-electron chi connectivity index (χ1n) is 7.89. The van der Waals surface area contributed by atoms with E-state index in [4.69, 9.17) is 23.2 Å². The van der Waals surface area contributed by atoms with E-state index in [2.05, 4.69) is 20.6 Å². The van der Waals surface area contributed by atoms with Crippen molar-refractivity contribution in [2.24, 2.45) is 0 Å². The highest BCUT2D eigenvalue weighted by Gasteiger charge is 2.08. The second-order valence-electron chi connectivity index (χ2n) is 5.72. The van der Waals surface area contributed by atoms with Gasteiger partial charge in [0, 0.05) is 24.6 Å². The third-order valence-electron chi connectivity index (χ3n) is 3.63. The van der Waals surface area contributed by atoms with Crippen molar-refractivity contribution in [2.75, 3.05) is 5.32 Å². The van der Waals surface area contributed by atoms with Gasteiger partial charge in [0.2, 0.25) is 5.95 Å². The number of carbonyl (C=O) groups is 1. The van der Waals surface area contributed by atoms with Gasteiger partial charge in [-0.15, -0.1) is 0 Å². The maximum atomic E-state index is 12.2. The van der Waals surface area contributed by atoms with E-state index in [1.165, 1.54) is 12.4 Å². The van der Waals surface area contributed by atoms with Crippen LogP contribution in [0.25, 0.3) is 0 Å². The van der Waals surface area contributed by atoms with Gasteiger partial charge in [-0.25, -0.2) is 9.97 Å². The Kier molecular flexibility index (Phi) is 5.71. The molecular weight excluding hydrogens is 371 g/mol. The van der Waals surface area contributed by atoms with Crippen molar-refractivity contribution >= 4 is 40.7 Å². The molecule has 2 N–H and O–H groups in total. The molecule has 0 aliphatic heterocycles. The lowest BCUT2D eigenvalue weighted by atomic mass is 10.1. The molecule has 0 saturated heterocycles. The summed E-state index contributed by atoms with van der Waals surface area (Å²) in [6.45, 7) is 2.46. The lowest BCUT2D eigenvalue weighted by molar-refractivity contribution is 0.0950. The maximum Gasteiger partial charge on any atom is 0.254 e. The number of anilines is 2. The number of carbonyl (C=O) groups excluding carboxylic acids is 1. The van der Waals surface area contributed by atoms with Crippen molar-refractivity contribution in [3.63, 3.8) is 0 Å². The van der Waals surface area contributed by atoms with Crippen LogP contribution in [0.3, 0.4) is 0 Å². The predicted octanol–water partition coefficient (Wildman–Crippen LogP) is 4.77. The highest BCUT2D eigenvalue weighted by Crippen LogP contribution is 2.26. The van der Waals surface area contributed by atoms with E-state index in [1.54, 1.807) is 18.2 Å². The fourth-order valence-electron chi connectivity index (χ4n) is 2.32. The molecule has 3 aromatic rings. The quantitative estimate of drug-likeness (QED) is 0.662. The average Bonchev–Trinajstić information content (AvgIpc) is 2.63. The monoisotopic (exact) mass is 386 g/mol. The first-order chi connectivity index (χ1) is 12.5. The van der Waals surface area contributed by atoms with Crippen molar-refractivity contribution in [1.29, 1.82) is 0 Å². The summed E-state index contributed by atoms with van der Waals surface area (Å²) in [4.78, 5) is 20.5. The summed E-state index contributed by atoms with van der Waals surface area (Å²) in [7, 11) is 0. The Morgan fingerprint density at radius 3 is 2.50 bits per heavy atom. The smallest absolute Gasteiger partial charge is 0.254 e. The van der Waals surface area contributed by atoms with E-state index in [9.17, 15) is 4.79 Å². The van der Waals surface area contributed by atoms with Crippen molar-refractivity contribution in [1.82, 2.24) is 15.3 Å². The highest BCUT2D eigenvalue weighted by molar-refractivity contribution is 6.42. The molecule has 7 heteroatoms. The third kappa shape index (κ3) is 4.71. The molecule has 1 amide bonds. The molecule has 0 radical (unpaired) electrons. The summed E-state index contributed by atoms with van der Waals surface area (Å²) in [5, 5.41) is 6.76. The minimum absolute atomic E-state index is 0.229. The minimum atomic E-state index is -0.229. The van der Waals surface area contributed by atoms with Gasteiger partial charge in [0.05, 0.1) is 15.6 Å². The van der Waals surface area contributed by atoms with E-state index in [-0.39, 0.29) is 5.91 Å². The van der Waals surface area contributed by atoms with Crippen LogP contribution in [-0.4, -0.2) is 15.9 Å². The predicted molar refractivity (Wildman–Crippen MR) is 104 cm³/mol. The Balaban J connectivity index is 1.61. The Morgan fingerprint density at radius 1 is 1.04 bits per heavy atom. The fourth-order valence-corrected chi connectivity index (χ4v) is 2.62. The first-order valence-corrected chi connectivity index (χ1v) is 8.65. The molecule has 26 heavy (non-hydrogen) atoms. The minimum Gasteiger partial charge on any atom is -0.348 e. The van der Waals surface area contributed by atoms with Crippen LogP contribution in [-0.2, 0) is 6.54 Å². The number of aromatic nitrogens is 2. The van der Waals surface area contributed by atoms with Crippen LogP contribution < -0.4 is 10.6 Å². The molecule has 0 spiro atoms. The zero-order valence-corrected chi connectivity index (χ0v) is 15.5. The molecule has 0 fully saturated rings. The molecule has 0 aliphatic rings. The number of benzene rings is 2. The van der Waals surface area contributed by atoms with Crippen LogP contribution in [0.2, 0.25) is 10.0 Å². The lowest BCUT2D eigenvalue weighted by Crippen LogP contribution is -2.23. The van der Waals surface area contributed by atoms with Gasteiger partial charge in [-0.2, -0.15) is 0 Å². The van der Waals surface area contributed by atoms with Crippen molar-refractivity contribution in [3.8, 4) is 0 Å². The molecule has 0 aliphatic carbocycles. The second-order valence-corrected chi connectivity index (χ2v) is 6.54. The van der Waals surface area contributed by atoms with Crippen LogP contribution in [0.4, 0.5) is 11.6 Å². The molecule has 5 nitrogen and oxygen atoms in total. The number of nitrogens with one attached hydrogen (secondary N) is 2. The number of hydrogen-bond donors (Lipinski definition) is 2. The van der Waals surface area contributed by atoms with Crippen molar-refractivity contribution < 1.29 is 4.79 Å². The maximum absolute atomic E-state index is 12.2. The molecule has 1 heterocycles. The Bertz CT molecular complexity index is 929. The summed E-state index contributed by atoms with van der Waals surface area (Å²) < 4.78 is 0. The summed E-state index contributed by atoms with van der Waals surface area (Å²) in [5.74, 6) is 0.131. The van der Waals surface area contributed by atoms with Crippen LogP contribution in [0.1, 0.15) is 21.5 Å². The van der Waals surface area contributed by atoms with E-state index < -0.39 is 0 Å². The number of amides is 1. The van der Waals surface area contributed by atoms with E-state index in [0.717, 1.165) is 11.1 Å². The number of nitrogens with zero attached hydrogens (tertiary/aromatic N) is 2. The number of rotatable bonds is 5. The van der Waals surface area contributed by atoms with E-state index in [0.29, 0.717) is 33.8 Å². The SMILES string of the molecule is Cc1cccc(CNC(=O)c2cnc(Nc3ccc(Cl)c(Cl)c3)nc2)c1. The Hall–Kier alpha value is -2.63. The van der Waals surface area contributed by atoms with Gasteiger partial charge in [0.25, 0.3) is 5.91 Å². The standard InChI is InChI=1S/C19H16Cl2N4O/c1-12-3-2-4-13(7-12)9-22-18(26)14-10-23-19(24-11-14)25-15-5-6-16(20)17(21)8-15/h2-8,10-11H,9H2,1H3,(H,22,26)(H,23,24,25). The lowest BCUT2D eigenvalue weighted by Gasteiger charge is -2.08. The molecule has 0 saturated carbocycles. The molecule has 1 aromatic heterocycles. The molecule has 3 rings (SSSR count). The van der Waals surface area contributed by atoms with Crippen molar-refractivity contribution in [3.05, 3.63) is 81.6 Å². The molecule has 2 aromatic carbocycles. The van der Waals surface area contributed by atoms with Crippen LogP contribution >= 0.6 is 23.2 Å². The van der Waals surface area contributed by atoms with E-state index >= 15 is 0 Å². The zero-order valence-electron chi connectivity index (χ0n) is 14.0. The number of halogens is 2. The summed E-state index contributed by atoms with van der Waals surface area (Å²) in [6, 6.07) is 13.1. The van der Waals surface area contributed by atoms with Gasteiger partial charge in [0.15, 0.2) is 0 Å². The Labute approximate surface area is 161 Å². The van der Waals surface area contributed by atoms with Gasteiger partial charge >= 0.3 is 0 Å². The molecule has 132 valence electrons. The van der Waals surface area contributed by atoms with Crippen LogP contribution in [0, 0.1) is 6.92 Å². The van der Waals surface area contributed by atoms with E-state index in [1.807, 2.05) is 31.2 Å². The second kappa shape index (κ2) is 8.17. The largest absolute Gasteiger partial charge is 0.348 e. The highest BCUT2D eigenvalue weighted by atomic mass is 35.5. The summed E-state index contributed by atoms with van der Waals surface area (Å²) >= 11 is 11.9. The molecule has 0 atom stereocenters. The van der Waals surface area contributed by atoms with Gasteiger partial charge in [0.1, 0.15) is 0 Å². The van der Waals surface area contributed by atoms with Gasteiger partial charge < -0.3 is 10.6 Å². The van der Waals surface area contributed by atoms with Crippen molar-refractivity contribution in [2.45, 2.75) is 13.5 Å². The fraction of sp³-hybridized carbons (Fsp3) is 0.105. The molecule has 0 bridgehead atoms. The van der Waals surface area contributed by atoms with Crippen LogP contribution in [0.15, 0.2) is 54.9 Å². The number of aryl methyl sites for hydroxylation is 1. The normalized spacial score (nSPS) is 10.4. The first kappa shape index (κ1) is 18.2. The average molecular weight is 387 g/mol.